The van der Waals surface area contributed by atoms with Gasteiger partial charge in [0.05, 0.1) is 18.0 Å². The number of anilines is 2. The summed E-state index contributed by atoms with van der Waals surface area (Å²) in [6.07, 6.45) is 2.43. The molecule has 6 nitrogen and oxygen atoms in total. The van der Waals surface area contributed by atoms with Crippen molar-refractivity contribution in [2.75, 3.05) is 35.6 Å². The molecule has 1 heterocycles. The second kappa shape index (κ2) is 6.91. The third-order valence-corrected chi connectivity index (χ3v) is 4.56. The lowest BCUT2D eigenvalue weighted by molar-refractivity contribution is -0.119. The summed E-state index contributed by atoms with van der Waals surface area (Å²) in [7, 11) is -1.98. The van der Waals surface area contributed by atoms with Gasteiger partial charge in [-0.25, -0.2) is 8.42 Å². The van der Waals surface area contributed by atoms with Crippen molar-refractivity contribution in [1.29, 1.82) is 0 Å². The smallest absolute Gasteiger partial charge is 0.235 e. The molecule has 0 radical (unpaired) electrons. The molecule has 0 aliphatic carbocycles. The number of ether oxygens (including phenoxy) is 1. The number of benzene rings is 1. The van der Waals surface area contributed by atoms with Gasteiger partial charge in [0.15, 0.2) is 0 Å². The SMILES string of the molecule is COCCS(=O)(=O)Nc1cccc(N2CCCCC2=O)c1. The van der Waals surface area contributed by atoms with E-state index in [2.05, 4.69) is 4.72 Å². The molecule has 0 unspecified atom stereocenters. The summed E-state index contributed by atoms with van der Waals surface area (Å²) in [6, 6.07) is 6.91. The Bertz CT molecular complexity index is 601. The molecule has 1 amide bonds. The van der Waals surface area contributed by atoms with Crippen LogP contribution in [0.3, 0.4) is 0 Å². The van der Waals surface area contributed by atoms with Gasteiger partial charge in [-0.15, -0.1) is 0 Å². The maximum Gasteiger partial charge on any atom is 0.235 e. The number of hydrogen-bond acceptors (Lipinski definition) is 4. The van der Waals surface area contributed by atoms with E-state index in [0.29, 0.717) is 18.7 Å². The van der Waals surface area contributed by atoms with Crippen LogP contribution in [0.15, 0.2) is 24.3 Å². The Morgan fingerprint density at radius 1 is 1.33 bits per heavy atom. The molecule has 0 bridgehead atoms. The Kier molecular flexibility index (Phi) is 5.19. The zero-order chi connectivity index (χ0) is 15.3. The van der Waals surface area contributed by atoms with Gasteiger partial charge < -0.3 is 9.64 Å². The van der Waals surface area contributed by atoms with E-state index in [1.165, 1.54) is 7.11 Å². The average Bonchev–Trinajstić information content (AvgIpc) is 2.45. The molecule has 1 aliphatic rings. The van der Waals surface area contributed by atoms with Gasteiger partial charge in [-0.2, -0.15) is 0 Å². The zero-order valence-electron chi connectivity index (χ0n) is 12.0. The van der Waals surface area contributed by atoms with Crippen molar-refractivity contribution in [3.8, 4) is 0 Å². The molecule has 116 valence electrons. The summed E-state index contributed by atoms with van der Waals surface area (Å²) in [5.41, 5.74) is 1.19. The first-order chi connectivity index (χ1) is 10.0. The quantitative estimate of drug-likeness (QED) is 0.865. The molecule has 2 rings (SSSR count). The summed E-state index contributed by atoms with van der Waals surface area (Å²) in [6.45, 7) is 0.818. The Balaban J connectivity index is 2.12. The standard InChI is InChI=1S/C14H20N2O4S/c1-20-9-10-21(18,19)15-12-5-4-6-13(11-12)16-8-3-2-7-14(16)17/h4-6,11,15H,2-3,7-10H2,1H3. The molecular weight excluding hydrogens is 292 g/mol. The second-order valence-electron chi connectivity index (χ2n) is 4.97. The first kappa shape index (κ1) is 15.8. The highest BCUT2D eigenvalue weighted by Gasteiger charge is 2.20. The topological polar surface area (TPSA) is 75.7 Å². The minimum Gasteiger partial charge on any atom is -0.384 e. The molecule has 0 aromatic heterocycles. The van der Waals surface area contributed by atoms with Gasteiger partial charge >= 0.3 is 0 Å². The van der Waals surface area contributed by atoms with E-state index in [0.717, 1.165) is 18.5 Å². The first-order valence-corrected chi connectivity index (χ1v) is 8.57. The van der Waals surface area contributed by atoms with Crippen LogP contribution >= 0.6 is 0 Å². The molecule has 1 saturated heterocycles. The number of piperidine rings is 1. The third-order valence-electron chi connectivity index (χ3n) is 3.31. The number of carbonyl (C=O) groups is 1. The fraction of sp³-hybridized carbons (Fsp3) is 0.500. The number of sulfonamides is 1. The Hall–Kier alpha value is -1.60. The molecule has 0 spiro atoms. The van der Waals surface area contributed by atoms with Crippen LogP contribution in [0, 0.1) is 0 Å². The van der Waals surface area contributed by atoms with E-state index in [1.54, 1.807) is 23.1 Å². The van der Waals surface area contributed by atoms with Crippen molar-refractivity contribution in [3.05, 3.63) is 24.3 Å². The molecule has 1 aromatic rings. The maximum absolute atomic E-state index is 11.9. The van der Waals surface area contributed by atoms with Crippen LogP contribution in [0.1, 0.15) is 19.3 Å². The number of amides is 1. The number of hydrogen-bond donors (Lipinski definition) is 1. The molecule has 1 N–H and O–H groups in total. The summed E-state index contributed by atoms with van der Waals surface area (Å²) in [5, 5.41) is 0. The largest absolute Gasteiger partial charge is 0.384 e. The Morgan fingerprint density at radius 2 is 2.14 bits per heavy atom. The summed E-state index contributed by atoms with van der Waals surface area (Å²) in [4.78, 5) is 13.6. The molecule has 1 aromatic carbocycles. The van der Waals surface area contributed by atoms with Crippen molar-refractivity contribution in [1.82, 2.24) is 0 Å². The molecule has 7 heteroatoms. The van der Waals surface area contributed by atoms with Crippen LogP contribution in [-0.2, 0) is 19.6 Å². The number of rotatable bonds is 6. The summed E-state index contributed by atoms with van der Waals surface area (Å²) >= 11 is 0. The number of nitrogens with one attached hydrogen (secondary N) is 1. The fourth-order valence-corrected chi connectivity index (χ4v) is 3.21. The molecule has 0 saturated carbocycles. The van der Waals surface area contributed by atoms with Crippen molar-refractivity contribution < 1.29 is 17.9 Å². The van der Waals surface area contributed by atoms with E-state index in [-0.39, 0.29) is 18.3 Å². The van der Waals surface area contributed by atoms with Crippen LogP contribution in [0.4, 0.5) is 11.4 Å². The maximum atomic E-state index is 11.9. The van der Waals surface area contributed by atoms with Crippen molar-refractivity contribution in [2.24, 2.45) is 0 Å². The van der Waals surface area contributed by atoms with E-state index in [9.17, 15) is 13.2 Å². The highest BCUT2D eigenvalue weighted by atomic mass is 32.2. The van der Waals surface area contributed by atoms with E-state index >= 15 is 0 Å². The van der Waals surface area contributed by atoms with E-state index in [1.807, 2.05) is 6.07 Å². The lowest BCUT2D eigenvalue weighted by Gasteiger charge is -2.27. The monoisotopic (exact) mass is 312 g/mol. The summed E-state index contributed by atoms with van der Waals surface area (Å²) in [5.74, 6) is -0.0169. The lowest BCUT2D eigenvalue weighted by atomic mass is 10.1. The number of carbonyl (C=O) groups excluding carboxylic acids is 1. The molecule has 0 atom stereocenters. The normalized spacial score (nSPS) is 16.0. The van der Waals surface area contributed by atoms with Crippen LogP contribution in [0.2, 0.25) is 0 Å². The second-order valence-corrected chi connectivity index (χ2v) is 6.81. The van der Waals surface area contributed by atoms with Crippen LogP contribution in [-0.4, -0.2) is 40.3 Å². The number of methoxy groups -OCH3 is 1. The molecular formula is C14H20N2O4S. The van der Waals surface area contributed by atoms with E-state index in [4.69, 9.17) is 4.74 Å². The van der Waals surface area contributed by atoms with Gasteiger partial charge in [0.25, 0.3) is 0 Å². The van der Waals surface area contributed by atoms with Gasteiger partial charge in [-0.05, 0) is 31.0 Å². The molecule has 1 aliphatic heterocycles. The molecule has 1 fully saturated rings. The lowest BCUT2D eigenvalue weighted by Crippen LogP contribution is -2.35. The van der Waals surface area contributed by atoms with Gasteiger partial charge in [0.2, 0.25) is 15.9 Å². The van der Waals surface area contributed by atoms with Crippen molar-refractivity contribution in [2.45, 2.75) is 19.3 Å². The predicted octanol–water partition coefficient (Wildman–Crippen LogP) is 1.59. The van der Waals surface area contributed by atoms with Crippen molar-refractivity contribution in [3.63, 3.8) is 0 Å². The van der Waals surface area contributed by atoms with Crippen LogP contribution in [0.25, 0.3) is 0 Å². The van der Waals surface area contributed by atoms with Crippen LogP contribution < -0.4 is 9.62 Å². The Labute approximate surface area is 125 Å². The third kappa shape index (κ3) is 4.44. The van der Waals surface area contributed by atoms with Gasteiger partial charge in [0.1, 0.15) is 0 Å². The van der Waals surface area contributed by atoms with Gasteiger partial charge in [0, 0.05) is 25.8 Å². The Morgan fingerprint density at radius 3 is 2.86 bits per heavy atom. The fourth-order valence-electron chi connectivity index (χ4n) is 2.24. The summed E-state index contributed by atoms with van der Waals surface area (Å²) < 4.78 is 31.0. The minimum absolute atomic E-state index is 0.0839. The predicted molar refractivity (Wildman–Crippen MR) is 81.9 cm³/mol. The highest BCUT2D eigenvalue weighted by molar-refractivity contribution is 7.92. The average molecular weight is 312 g/mol. The van der Waals surface area contributed by atoms with Gasteiger partial charge in [-0.3, -0.25) is 9.52 Å². The number of nitrogens with zero attached hydrogens (tertiary/aromatic N) is 1. The van der Waals surface area contributed by atoms with Crippen molar-refractivity contribution >= 4 is 27.3 Å². The first-order valence-electron chi connectivity index (χ1n) is 6.92. The zero-order valence-corrected chi connectivity index (χ0v) is 12.9. The molecule has 21 heavy (non-hydrogen) atoms. The van der Waals surface area contributed by atoms with Crippen LogP contribution in [0.5, 0.6) is 0 Å². The minimum atomic E-state index is -3.44. The van der Waals surface area contributed by atoms with E-state index < -0.39 is 10.0 Å². The highest BCUT2D eigenvalue weighted by Crippen LogP contribution is 2.24. The van der Waals surface area contributed by atoms with Gasteiger partial charge in [-0.1, -0.05) is 6.07 Å².